The number of rotatable bonds is 6. The molecule has 0 aliphatic carbocycles. The normalized spacial score (nSPS) is 14.6. The summed E-state index contributed by atoms with van der Waals surface area (Å²) in [5, 5.41) is 1.31. The molecular weight excluding hydrogens is 259 g/mol. The first-order valence-corrected chi connectivity index (χ1v) is 6.31. The van der Waals surface area contributed by atoms with E-state index in [0.29, 0.717) is 16.5 Å². The molecule has 0 heterocycles. The maximum Gasteiger partial charge on any atom is 0.0738 e. The van der Waals surface area contributed by atoms with Gasteiger partial charge < -0.3 is 4.74 Å². The average Bonchev–Trinajstić information content (AvgIpc) is 2.33. The van der Waals surface area contributed by atoms with Crippen LogP contribution in [0.4, 0.5) is 0 Å². The SMILES string of the molecule is CCC(OC)C(Cc1c(Cl)cccc1Cl)NN. The largest absolute Gasteiger partial charge is 0.380 e. The van der Waals surface area contributed by atoms with Crippen molar-refractivity contribution in [3.63, 3.8) is 0 Å². The third kappa shape index (κ3) is 3.83. The van der Waals surface area contributed by atoms with Crippen LogP contribution in [0.1, 0.15) is 18.9 Å². The summed E-state index contributed by atoms with van der Waals surface area (Å²) in [5.74, 6) is 5.56. The lowest BCUT2D eigenvalue weighted by Crippen LogP contribution is -2.46. The van der Waals surface area contributed by atoms with Gasteiger partial charge >= 0.3 is 0 Å². The van der Waals surface area contributed by atoms with Gasteiger partial charge in [0.15, 0.2) is 0 Å². The van der Waals surface area contributed by atoms with Gasteiger partial charge in [-0.25, -0.2) is 0 Å². The molecule has 0 fully saturated rings. The summed E-state index contributed by atoms with van der Waals surface area (Å²) in [4.78, 5) is 0. The first-order valence-electron chi connectivity index (χ1n) is 5.55. The topological polar surface area (TPSA) is 47.3 Å². The molecule has 1 aromatic rings. The molecule has 0 amide bonds. The Morgan fingerprint density at radius 3 is 2.35 bits per heavy atom. The maximum absolute atomic E-state index is 6.13. The third-order valence-electron chi connectivity index (χ3n) is 2.85. The van der Waals surface area contributed by atoms with Crippen LogP contribution in [-0.2, 0) is 11.2 Å². The molecular formula is C12H18Cl2N2O. The Bertz CT molecular complexity index is 336. The number of nitrogens with one attached hydrogen (secondary N) is 1. The fourth-order valence-electron chi connectivity index (χ4n) is 1.86. The molecule has 3 N–H and O–H groups in total. The lowest BCUT2D eigenvalue weighted by molar-refractivity contribution is 0.0654. The highest BCUT2D eigenvalue weighted by Gasteiger charge is 2.20. The van der Waals surface area contributed by atoms with E-state index >= 15 is 0 Å². The van der Waals surface area contributed by atoms with Crippen molar-refractivity contribution >= 4 is 23.2 Å². The lowest BCUT2D eigenvalue weighted by Gasteiger charge is -2.25. The lowest BCUT2D eigenvalue weighted by atomic mass is 10.00. The van der Waals surface area contributed by atoms with Crippen molar-refractivity contribution in [1.82, 2.24) is 5.43 Å². The number of hydrogen-bond donors (Lipinski definition) is 2. The van der Waals surface area contributed by atoms with E-state index in [1.807, 2.05) is 25.1 Å². The smallest absolute Gasteiger partial charge is 0.0738 e. The van der Waals surface area contributed by atoms with E-state index in [1.54, 1.807) is 7.11 Å². The Morgan fingerprint density at radius 2 is 1.94 bits per heavy atom. The Labute approximate surface area is 112 Å². The van der Waals surface area contributed by atoms with Crippen LogP contribution >= 0.6 is 23.2 Å². The number of halogens is 2. The van der Waals surface area contributed by atoms with E-state index in [2.05, 4.69) is 5.43 Å². The van der Waals surface area contributed by atoms with E-state index in [-0.39, 0.29) is 12.1 Å². The minimum absolute atomic E-state index is 0.0117. The molecule has 17 heavy (non-hydrogen) atoms. The number of hydrogen-bond acceptors (Lipinski definition) is 3. The highest BCUT2D eigenvalue weighted by atomic mass is 35.5. The molecule has 0 aliphatic rings. The van der Waals surface area contributed by atoms with Crippen molar-refractivity contribution in [1.29, 1.82) is 0 Å². The second kappa shape index (κ2) is 7.19. The Balaban J connectivity index is 2.87. The molecule has 2 atom stereocenters. The van der Waals surface area contributed by atoms with Gasteiger partial charge in [0, 0.05) is 17.2 Å². The summed E-state index contributed by atoms with van der Waals surface area (Å²) in [7, 11) is 1.67. The van der Waals surface area contributed by atoms with Crippen LogP contribution in [0.15, 0.2) is 18.2 Å². The van der Waals surface area contributed by atoms with Gasteiger partial charge in [0.05, 0.1) is 12.1 Å². The molecule has 0 aliphatic heterocycles. The van der Waals surface area contributed by atoms with Crippen molar-refractivity contribution < 1.29 is 4.74 Å². The zero-order valence-corrected chi connectivity index (χ0v) is 11.6. The zero-order chi connectivity index (χ0) is 12.8. The first kappa shape index (κ1) is 14.7. The summed E-state index contributed by atoms with van der Waals surface area (Å²) in [6, 6.07) is 5.46. The van der Waals surface area contributed by atoms with Crippen molar-refractivity contribution in [3.8, 4) is 0 Å². The predicted octanol–water partition coefficient (Wildman–Crippen LogP) is 2.79. The van der Waals surface area contributed by atoms with Gasteiger partial charge in [-0.2, -0.15) is 0 Å². The molecule has 0 saturated heterocycles. The van der Waals surface area contributed by atoms with Crippen LogP contribution in [0.3, 0.4) is 0 Å². The molecule has 1 aromatic carbocycles. The summed E-state index contributed by atoms with van der Waals surface area (Å²) < 4.78 is 5.38. The van der Waals surface area contributed by atoms with E-state index in [1.165, 1.54) is 0 Å². The van der Waals surface area contributed by atoms with Crippen LogP contribution in [-0.4, -0.2) is 19.3 Å². The van der Waals surface area contributed by atoms with Crippen LogP contribution in [0.5, 0.6) is 0 Å². The molecule has 96 valence electrons. The Hall–Kier alpha value is -0.320. The van der Waals surface area contributed by atoms with Crippen molar-refractivity contribution in [3.05, 3.63) is 33.8 Å². The maximum atomic E-state index is 6.13. The molecule has 0 bridgehead atoms. The van der Waals surface area contributed by atoms with Crippen molar-refractivity contribution in [2.24, 2.45) is 5.84 Å². The number of nitrogens with two attached hydrogens (primary N) is 1. The average molecular weight is 277 g/mol. The highest BCUT2D eigenvalue weighted by Crippen LogP contribution is 2.26. The number of ether oxygens (including phenoxy) is 1. The summed E-state index contributed by atoms with van der Waals surface area (Å²) in [5.41, 5.74) is 3.66. The van der Waals surface area contributed by atoms with E-state index < -0.39 is 0 Å². The second-order valence-corrected chi connectivity index (χ2v) is 4.67. The standard InChI is InChI=1S/C12H18Cl2N2O/c1-3-12(17-2)11(16-15)7-8-9(13)5-4-6-10(8)14/h4-6,11-12,16H,3,7,15H2,1-2H3. The number of benzene rings is 1. The van der Waals surface area contributed by atoms with Gasteiger partial charge in [-0.1, -0.05) is 36.2 Å². The minimum atomic E-state index is -0.0117. The van der Waals surface area contributed by atoms with Gasteiger partial charge in [0.25, 0.3) is 0 Å². The van der Waals surface area contributed by atoms with Crippen molar-refractivity contribution in [2.75, 3.05) is 7.11 Å². The molecule has 0 radical (unpaired) electrons. The molecule has 0 saturated carbocycles. The molecule has 2 unspecified atom stereocenters. The van der Waals surface area contributed by atoms with Gasteiger partial charge in [0.2, 0.25) is 0 Å². The summed E-state index contributed by atoms with van der Waals surface area (Å²) >= 11 is 12.3. The predicted molar refractivity (Wildman–Crippen MR) is 72.4 cm³/mol. The van der Waals surface area contributed by atoms with Crippen LogP contribution < -0.4 is 11.3 Å². The Morgan fingerprint density at radius 1 is 1.35 bits per heavy atom. The van der Waals surface area contributed by atoms with Crippen LogP contribution in [0.2, 0.25) is 10.0 Å². The second-order valence-electron chi connectivity index (χ2n) is 3.86. The van der Waals surface area contributed by atoms with E-state index in [4.69, 9.17) is 33.8 Å². The molecule has 3 nitrogen and oxygen atoms in total. The third-order valence-corrected chi connectivity index (χ3v) is 3.56. The summed E-state index contributed by atoms with van der Waals surface area (Å²) in [6.45, 7) is 2.05. The van der Waals surface area contributed by atoms with E-state index in [9.17, 15) is 0 Å². The van der Waals surface area contributed by atoms with Gasteiger partial charge in [0.1, 0.15) is 0 Å². The first-order chi connectivity index (χ1) is 8.13. The number of methoxy groups -OCH3 is 1. The quantitative estimate of drug-likeness (QED) is 0.621. The molecule has 1 rings (SSSR count). The monoisotopic (exact) mass is 276 g/mol. The van der Waals surface area contributed by atoms with Gasteiger partial charge in [-0.15, -0.1) is 0 Å². The highest BCUT2D eigenvalue weighted by molar-refractivity contribution is 6.36. The van der Waals surface area contributed by atoms with E-state index in [0.717, 1.165) is 12.0 Å². The molecule has 0 aromatic heterocycles. The van der Waals surface area contributed by atoms with Gasteiger partial charge in [-0.05, 0) is 30.5 Å². The fraction of sp³-hybridized carbons (Fsp3) is 0.500. The molecule has 5 heteroatoms. The Kier molecular flexibility index (Phi) is 6.23. The van der Waals surface area contributed by atoms with Crippen LogP contribution in [0.25, 0.3) is 0 Å². The van der Waals surface area contributed by atoms with Crippen molar-refractivity contribution in [2.45, 2.75) is 31.9 Å². The molecule has 0 spiro atoms. The minimum Gasteiger partial charge on any atom is -0.380 e. The zero-order valence-electron chi connectivity index (χ0n) is 10.0. The number of hydrazine groups is 1. The van der Waals surface area contributed by atoms with Gasteiger partial charge in [-0.3, -0.25) is 11.3 Å². The fourth-order valence-corrected chi connectivity index (χ4v) is 2.41. The summed E-state index contributed by atoms with van der Waals surface area (Å²) in [6.07, 6.45) is 1.54. The van der Waals surface area contributed by atoms with Crippen LogP contribution in [0, 0.1) is 0 Å².